The zero-order valence-corrected chi connectivity index (χ0v) is 3.69. The Balaban J connectivity index is 2.83. The third kappa shape index (κ3) is 3.27. The lowest BCUT2D eigenvalue weighted by Gasteiger charge is -1.92. The van der Waals surface area contributed by atoms with Gasteiger partial charge in [0.05, 0.1) is 6.61 Å². The summed E-state index contributed by atoms with van der Waals surface area (Å²) in [6.45, 7) is 2.26. The minimum absolute atomic E-state index is 0.211. The van der Waals surface area contributed by atoms with E-state index < -0.39 is 0 Å². The van der Waals surface area contributed by atoms with E-state index in [-0.39, 0.29) is 6.02 Å². The van der Waals surface area contributed by atoms with Crippen LogP contribution in [-0.2, 0) is 4.74 Å². The fraction of sp³-hybridized carbons (Fsp3) is 0.667. The number of amidine groups is 1. The van der Waals surface area contributed by atoms with Crippen molar-refractivity contribution in [3.8, 4) is 0 Å². The molecule has 0 rings (SSSR count). The standard InChI is InChI=1S/C3H8N2O/c1-2-6-3(4)5/h2H2,1H3,(H3,4,5). The Morgan fingerprint density at radius 1 is 2.00 bits per heavy atom. The molecular weight excluding hydrogens is 80.0 g/mol. The molecular formula is C3H8N2O. The summed E-state index contributed by atoms with van der Waals surface area (Å²) in [5, 5.41) is 6.45. The Morgan fingerprint density at radius 3 is 2.50 bits per heavy atom. The molecule has 0 radical (unpaired) electrons. The first-order valence-corrected chi connectivity index (χ1v) is 1.74. The van der Waals surface area contributed by atoms with Crippen molar-refractivity contribution in [1.29, 1.82) is 5.41 Å². The number of hydrogen-bond donors (Lipinski definition) is 2. The van der Waals surface area contributed by atoms with Crippen molar-refractivity contribution in [3.63, 3.8) is 0 Å². The Kier molecular flexibility index (Phi) is 2.20. The predicted molar refractivity (Wildman–Crippen MR) is 23.5 cm³/mol. The second kappa shape index (κ2) is 2.50. The zero-order chi connectivity index (χ0) is 4.99. The Hall–Kier alpha value is -0.730. The molecule has 0 aliphatic heterocycles. The summed E-state index contributed by atoms with van der Waals surface area (Å²) in [5.41, 5.74) is 4.76. The smallest absolute Gasteiger partial charge is 0.278 e. The molecule has 0 saturated carbocycles. The molecule has 0 atom stereocenters. The Labute approximate surface area is 36.6 Å². The highest BCUT2D eigenvalue weighted by atomic mass is 16.5. The van der Waals surface area contributed by atoms with E-state index in [1.165, 1.54) is 0 Å². The van der Waals surface area contributed by atoms with Crippen molar-refractivity contribution < 1.29 is 4.74 Å². The van der Waals surface area contributed by atoms with Gasteiger partial charge in [-0.1, -0.05) is 0 Å². The molecule has 36 valence electrons. The second-order valence-electron chi connectivity index (χ2n) is 0.797. The minimum atomic E-state index is -0.211. The molecule has 0 heterocycles. The van der Waals surface area contributed by atoms with Crippen molar-refractivity contribution in [2.45, 2.75) is 6.92 Å². The molecule has 3 nitrogen and oxygen atoms in total. The van der Waals surface area contributed by atoms with Crippen molar-refractivity contribution in [3.05, 3.63) is 0 Å². The number of nitrogens with one attached hydrogen (secondary N) is 1. The number of ether oxygens (including phenoxy) is 1. The molecule has 3 heteroatoms. The van der Waals surface area contributed by atoms with Crippen LogP contribution in [0, 0.1) is 5.41 Å². The number of hydrogen-bond acceptors (Lipinski definition) is 2. The van der Waals surface area contributed by atoms with Gasteiger partial charge in [-0.3, -0.25) is 5.41 Å². The fourth-order valence-corrected chi connectivity index (χ4v) is 0.156. The van der Waals surface area contributed by atoms with Crippen LogP contribution in [0.2, 0.25) is 0 Å². The average molecular weight is 88.1 g/mol. The van der Waals surface area contributed by atoms with Crippen LogP contribution < -0.4 is 5.73 Å². The van der Waals surface area contributed by atoms with Crippen LogP contribution in [0.3, 0.4) is 0 Å². The highest BCUT2D eigenvalue weighted by Crippen LogP contribution is 1.63. The molecule has 0 aromatic carbocycles. The zero-order valence-electron chi connectivity index (χ0n) is 3.69. The van der Waals surface area contributed by atoms with Gasteiger partial charge in [-0.2, -0.15) is 0 Å². The van der Waals surface area contributed by atoms with Gasteiger partial charge in [0.15, 0.2) is 0 Å². The normalized spacial score (nSPS) is 7.50. The van der Waals surface area contributed by atoms with Crippen LogP contribution >= 0.6 is 0 Å². The SMILES string of the molecule is CCOC(=N)N. The van der Waals surface area contributed by atoms with E-state index in [2.05, 4.69) is 4.74 Å². The molecule has 3 N–H and O–H groups in total. The lowest BCUT2D eigenvalue weighted by Crippen LogP contribution is -2.13. The fourth-order valence-electron chi connectivity index (χ4n) is 0.156. The van der Waals surface area contributed by atoms with E-state index in [1.807, 2.05) is 0 Å². The van der Waals surface area contributed by atoms with E-state index in [1.54, 1.807) is 6.92 Å². The number of rotatable bonds is 1. The monoisotopic (exact) mass is 88.1 g/mol. The third-order valence-corrected chi connectivity index (χ3v) is 0.300. The van der Waals surface area contributed by atoms with E-state index in [4.69, 9.17) is 11.1 Å². The lowest BCUT2D eigenvalue weighted by molar-refractivity contribution is 0.319. The van der Waals surface area contributed by atoms with Gasteiger partial charge in [-0.25, -0.2) is 0 Å². The topological polar surface area (TPSA) is 59.1 Å². The van der Waals surface area contributed by atoms with Crippen LogP contribution in [0.4, 0.5) is 0 Å². The van der Waals surface area contributed by atoms with E-state index in [0.717, 1.165) is 0 Å². The van der Waals surface area contributed by atoms with Gasteiger partial charge in [0.25, 0.3) is 6.02 Å². The minimum Gasteiger partial charge on any atom is -0.466 e. The number of nitrogens with two attached hydrogens (primary N) is 1. The second-order valence-corrected chi connectivity index (χ2v) is 0.797. The maximum absolute atomic E-state index is 6.45. The highest BCUT2D eigenvalue weighted by Gasteiger charge is 1.76. The molecule has 0 unspecified atom stereocenters. The van der Waals surface area contributed by atoms with Gasteiger partial charge in [0.2, 0.25) is 0 Å². The predicted octanol–water partition coefficient (Wildman–Crippen LogP) is -0.0836. The summed E-state index contributed by atoms with van der Waals surface area (Å²) in [6, 6.07) is -0.211. The molecule has 6 heavy (non-hydrogen) atoms. The largest absolute Gasteiger partial charge is 0.466 e. The van der Waals surface area contributed by atoms with Crippen LogP contribution in [-0.4, -0.2) is 12.6 Å². The summed E-state index contributed by atoms with van der Waals surface area (Å²) < 4.78 is 4.40. The van der Waals surface area contributed by atoms with Crippen LogP contribution in [0.1, 0.15) is 6.92 Å². The maximum atomic E-state index is 6.45. The molecule has 0 aromatic rings. The average Bonchev–Trinajstić information content (AvgIpc) is 1.35. The quantitative estimate of drug-likeness (QED) is 0.348. The van der Waals surface area contributed by atoms with E-state index in [0.29, 0.717) is 6.61 Å². The highest BCUT2D eigenvalue weighted by molar-refractivity contribution is 5.67. The van der Waals surface area contributed by atoms with Crippen LogP contribution in [0.5, 0.6) is 0 Å². The molecule has 0 bridgehead atoms. The Bertz CT molecular complexity index is 52.8. The molecule has 0 fully saturated rings. The van der Waals surface area contributed by atoms with Crippen molar-refractivity contribution >= 4 is 6.02 Å². The summed E-state index contributed by atoms with van der Waals surface area (Å²) in [6.07, 6.45) is 0. The van der Waals surface area contributed by atoms with Crippen LogP contribution in [0.15, 0.2) is 0 Å². The molecule has 0 aliphatic rings. The first-order chi connectivity index (χ1) is 2.77. The van der Waals surface area contributed by atoms with Gasteiger partial charge < -0.3 is 10.5 Å². The Morgan fingerprint density at radius 2 is 2.50 bits per heavy atom. The summed E-state index contributed by atoms with van der Waals surface area (Å²) in [4.78, 5) is 0. The first kappa shape index (κ1) is 5.27. The summed E-state index contributed by atoms with van der Waals surface area (Å²) in [7, 11) is 0. The van der Waals surface area contributed by atoms with Gasteiger partial charge in [-0.05, 0) is 6.92 Å². The van der Waals surface area contributed by atoms with Gasteiger partial charge >= 0.3 is 0 Å². The van der Waals surface area contributed by atoms with Crippen LogP contribution in [0.25, 0.3) is 0 Å². The third-order valence-electron chi connectivity index (χ3n) is 0.300. The molecule has 0 saturated heterocycles. The van der Waals surface area contributed by atoms with E-state index >= 15 is 0 Å². The first-order valence-electron chi connectivity index (χ1n) is 1.74. The van der Waals surface area contributed by atoms with Gasteiger partial charge in [-0.15, -0.1) is 0 Å². The maximum Gasteiger partial charge on any atom is 0.278 e. The van der Waals surface area contributed by atoms with Crippen molar-refractivity contribution in [1.82, 2.24) is 0 Å². The summed E-state index contributed by atoms with van der Waals surface area (Å²) in [5.74, 6) is 0. The summed E-state index contributed by atoms with van der Waals surface area (Å²) >= 11 is 0. The van der Waals surface area contributed by atoms with E-state index in [9.17, 15) is 0 Å². The molecule has 0 aromatic heterocycles. The molecule has 0 aliphatic carbocycles. The molecule has 0 spiro atoms. The van der Waals surface area contributed by atoms with Gasteiger partial charge in [0, 0.05) is 0 Å². The molecule has 0 amide bonds. The van der Waals surface area contributed by atoms with Crippen molar-refractivity contribution in [2.75, 3.05) is 6.61 Å². The van der Waals surface area contributed by atoms with Crippen molar-refractivity contribution in [2.24, 2.45) is 5.73 Å². The lowest BCUT2D eigenvalue weighted by atomic mass is 10.9. The van der Waals surface area contributed by atoms with Gasteiger partial charge in [0.1, 0.15) is 0 Å².